The number of nitrogens with zero attached hydrogens (tertiary/aromatic N) is 2. The summed E-state index contributed by atoms with van der Waals surface area (Å²) in [5, 5.41) is 5.03. The monoisotopic (exact) mass is 281 g/mol. The van der Waals surface area contributed by atoms with E-state index in [2.05, 4.69) is 10.3 Å². The molecule has 2 heterocycles. The minimum atomic E-state index is -0.139. The van der Waals surface area contributed by atoms with Crippen LogP contribution < -0.4 is 5.32 Å². The molecule has 2 rings (SSSR count). The fourth-order valence-corrected chi connectivity index (χ4v) is 2.94. The number of likely N-dealkylation sites (tertiary alicyclic amines) is 1. The molecular formula is C13H19N3O2S. The lowest BCUT2D eigenvalue weighted by Crippen LogP contribution is -2.33. The van der Waals surface area contributed by atoms with Crippen molar-refractivity contribution in [1.29, 1.82) is 0 Å². The van der Waals surface area contributed by atoms with Gasteiger partial charge >= 0.3 is 0 Å². The number of thiazole rings is 1. The number of nitrogens with one attached hydrogen (secondary N) is 1. The van der Waals surface area contributed by atoms with Crippen LogP contribution in [-0.2, 0) is 16.0 Å². The van der Waals surface area contributed by atoms with Crippen LogP contribution in [0.4, 0.5) is 5.13 Å². The second kappa shape index (κ2) is 6.65. The number of hydrogen-bond donors (Lipinski definition) is 1. The van der Waals surface area contributed by atoms with Crippen LogP contribution in [0.1, 0.15) is 38.3 Å². The largest absolute Gasteiger partial charge is 0.342 e. The number of rotatable bonds is 3. The van der Waals surface area contributed by atoms with E-state index in [1.807, 2.05) is 10.3 Å². The van der Waals surface area contributed by atoms with Gasteiger partial charge in [-0.1, -0.05) is 12.8 Å². The molecule has 0 saturated carbocycles. The van der Waals surface area contributed by atoms with E-state index in [1.54, 1.807) is 0 Å². The zero-order valence-electron chi connectivity index (χ0n) is 11.1. The van der Waals surface area contributed by atoms with E-state index in [0.717, 1.165) is 31.6 Å². The Morgan fingerprint density at radius 2 is 2.00 bits per heavy atom. The average Bonchev–Trinajstić information content (AvgIpc) is 2.64. The van der Waals surface area contributed by atoms with E-state index in [0.29, 0.717) is 11.6 Å². The van der Waals surface area contributed by atoms with Gasteiger partial charge in [-0.3, -0.25) is 9.59 Å². The summed E-state index contributed by atoms with van der Waals surface area (Å²) < 4.78 is 0. The van der Waals surface area contributed by atoms with Gasteiger partial charge in [0.1, 0.15) is 0 Å². The first-order valence-electron chi connectivity index (χ1n) is 6.65. The van der Waals surface area contributed by atoms with Gasteiger partial charge in [-0.2, -0.15) is 0 Å². The van der Waals surface area contributed by atoms with Gasteiger partial charge in [0.15, 0.2) is 5.13 Å². The van der Waals surface area contributed by atoms with Crippen LogP contribution in [-0.4, -0.2) is 34.8 Å². The molecule has 0 unspecified atom stereocenters. The highest BCUT2D eigenvalue weighted by Crippen LogP contribution is 2.17. The summed E-state index contributed by atoms with van der Waals surface area (Å²) in [6.07, 6.45) is 4.95. The molecular weight excluding hydrogens is 262 g/mol. The molecule has 0 radical (unpaired) electrons. The van der Waals surface area contributed by atoms with Crippen LogP contribution in [0.25, 0.3) is 0 Å². The maximum Gasteiger partial charge on any atom is 0.228 e. The number of carbonyl (C=O) groups is 2. The van der Waals surface area contributed by atoms with Gasteiger partial charge in [-0.15, -0.1) is 11.3 Å². The predicted molar refractivity (Wildman–Crippen MR) is 75.2 cm³/mol. The molecule has 104 valence electrons. The van der Waals surface area contributed by atoms with Crippen molar-refractivity contribution in [3.05, 3.63) is 11.1 Å². The van der Waals surface area contributed by atoms with Crippen LogP contribution in [0.5, 0.6) is 0 Å². The van der Waals surface area contributed by atoms with Gasteiger partial charge in [-0.25, -0.2) is 4.98 Å². The fourth-order valence-electron chi connectivity index (χ4n) is 2.18. The Kier molecular flexibility index (Phi) is 4.90. The maximum absolute atomic E-state index is 12.2. The molecule has 2 amide bonds. The Morgan fingerprint density at radius 1 is 1.32 bits per heavy atom. The van der Waals surface area contributed by atoms with Crippen molar-refractivity contribution in [3.63, 3.8) is 0 Å². The van der Waals surface area contributed by atoms with Crippen molar-refractivity contribution in [2.24, 2.45) is 0 Å². The third-order valence-electron chi connectivity index (χ3n) is 3.13. The summed E-state index contributed by atoms with van der Waals surface area (Å²) in [5.74, 6) is 0.00122. The van der Waals surface area contributed by atoms with Gasteiger partial charge in [-0.05, 0) is 12.8 Å². The Hall–Kier alpha value is -1.43. The Morgan fingerprint density at radius 3 is 2.63 bits per heavy atom. The molecule has 0 spiro atoms. The molecule has 0 atom stereocenters. The van der Waals surface area contributed by atoms with Crippen LogP contribution in [0.3, 0.4) is 0 Å². The van der Waals surface area contributed by atoms with Crippen molar-refractivity contribution in [2.45, 2.75) is 39.0 Å². The average molecular weight is 281 g/mol. The highest BCUT2D eigenvalue weighted by Gasteiger charge is 2.17. The van der Waals surface area contributed by atoms with E-state index in [-0.39, 0.29) is 11.8 Å². The Labute approximate surface area is 117 Å². The molecule has 1 N–H and O–H groups in total. The molecule has 0 aliphatic carbocycles. The minimum absolute atomic E-state index is 0.139. The number of hydrogen-bond acceptors (Lipinski definition) is 4. The first-order valence-corrected chi connectivity index (χ1v) is 7.53. The maximum atomic E-state index is 12.2. The SMILES string of the molecule is CC(=O)Nc1nc(CC(=O)N2CCCCCC2)cs1. The van der Waals surface area contributed by atoms with Crippen molar-refractivity contribution in [3.8, 4) is 0 Å². The summed E-state index contributed by atoms with van der Waals surface area (Å²) >= 11 is 1.36. The van der Waals surface area contributed by atoms with E-state index in [9.17, 15) is 9.59 Å². The lowest BCUT2D eigenvalue weighted by atomic mass is 10.2. The molecule has 1 aliphatic rings. The van der Waals surface area contributed by atoms with E-state index in [1.165, 1.54) is 31.1 Å². The molecule has 1 aliphatic heterocycles. The topological polar surface area (TPSA) is 62.3 Å². The minimum Gasteiger partial charge on any atom is -0.342 e. The second-order valence-corrected chi connectivity index (χ2v) is 5.66. The fraction of sp³-hybridized carbons (Fsp3) is 0.615. The molecule has 0 bridgehead atoms. The zero-order valence-corrected chi connectivity index (χ0v) is 12.0. The summed E-state index contributed by atoms with van der Waals surface area (Å²) in [6.45, 7) is 3.17. The lowest BCUT2D eigenvalue weighted by molar-refractivity contribution is -0.130. The van der Waals surface area contributed by atoms with E-state index < -0.39 is 0 Å². The molecule has 1 saturated heterocycles. The summed E-state index contributed by atoms with van der Waals surface area (Å²) in [4.78, 5) is 29.2. The summed E-state index contributed by atoms with van der Waals surface area (Å²) in [6, 6.07) is 0. The summed E-state index contributed by atoms with van der Waals surface area (Å²) in [5.41, 5.74) is 0.739. The van der Waals surface area contributed by atoms with Crippen LogP contribution in [0.2, 0.25) is 0 Å². The molecule has 0 aromatic carbocycles. The van der Waals surface area contributed by atoms with E-state index in [4.69, 9.17) is 0 Å². The molecule has 19 heavy (non-hydrogen) atoms. The third-order valence-corrected chi connectivity index (χ3v) is 3.93. The standard InChI is InChI=1S/C13H19N3O2S/c1-10(17)14-13-15-11(9-19-13)8-12(18)16-6-4-2-3-5-7-16/h9H,2-8H2,1H3,(H,14,15,17). The van der Waals surface area contributed by atoms with Crippen molar-refractivity contribution < 1.29 is 9.59 Å². The molecule has 1 aromatic heterocycles. The smallest absolute Gasteiger partial charge is 0.228 e. The van der Waals surface area contributed by atoms with Crippen molar-refractivity contribution in [1.82, 2.24) is 9.88 Å². The first kappa shape index (κ1) is 14.0. The van der Waals surface area contributed by atoms with Gasteiger partial charge in [0.25, 0.3) is 0 Å². The molecule has 1 fully saturated rings. The number of amides is 2. The Bertz CT molecular complexity index is 450. The molecule has 5 nitrogen and oxygen atoms in total. The van der Waals surface area contributed by atoms with Crippen molar-refractivity contribution >= 4 is 28.3 Å². The van der Waals surface area contributed by atoms with Gasteiger partial charge < -0.3 is 10.2 Å². The summed E-state index contributed by atoms with van der Waals surface area (Å²) in [7, 11) is 0. The van der Waals surface area contributed by atoms with Gasteiger partial charge in [0.2, 0.25) is 11.8 Å². The van der Waals surface area contributed by atoms with Crippen LogP contribution >= 0.6 is 11.3 Å². The zero-order chi connectivity index (χ0) is 13.7. The number of anilines is 1. The number of carbonyl (C=O) groups excluding carboxylic acids is 2. The highest BCUT2D eigenvalue weighted by molar-refractivity contribution is 7.13. The van der Waals surface area contributed by atoms with Crippen LogP contribution in [0.15, 0.2) is 5.38 Å². The highest BCUT2D eigenvalue weighted by atomic mass is 32.1. The number of aromatic nitrogens is 1. The second-order valence-electron chi connectivity index (χ2n) is 4.80. The molecule has 6 heteroatoms. The normalized spacial score (nSPS) is 15.9. The third kappa shape index (κ3) is 4.31. The Balaban J connectivity index is 1.90. The molecule has 1 aromatic rings. The quantitative estimate of drug-likeness (QED) is 0.922. The van der Waals surface area contributed by atoms with Crippen LogP contribution in [0, 0.1) is 0 Å². The van der Waals surface area contributed by atoms with E-state index >= 15 is 0 Å². The van der Waals surface area contributed by atoms with Crippen molar-refractivity contribution in [2.75, 3.05) is 18.4 Å². The first-order chi connectivity index (χ1) is 9.15. The van der Waals surface area contributed by atoms with Gasteiger partial charge in [0, 0.05) is 25.4 Å². The lowest BCUT2D eigenvalue weighted by Gasteiger charge is -2.19. The van der Waals surface area contributed by atoms with Gasteiger partial charge in [0.05, 0.1) is 12.1 Å². The predicted octanol–water partition coefficient (Wildman–Crippen LogP) is 2.05.